The summed E-state index contributed by atoms with van der Waals surface area (Å²) in [5.74, 6) is 0. The van der Waals surface area contributed by atoms with Crippen LogP contribution in [0.15, 0.2) is 47.4 Å². The van der Waals surface area contributed by atoms with Crippen LogP contribution in [0.4, 0.5) is 13.2 Å². The van der Waals surface area contributed by atoms with E-state index in [4.69, 9.17) is 23.2 Å². The van der Waals surface area contributed by atoms with Crippen molar-refractivity contribution in [2.24, 2.45) is 0 Å². The Bertz CT molecular complexity index is 1080. The Morgan fingerprint density at radius 3 is 2.44 bits per heavy atom. The van der Waals surface area contributed by atoms with E-state index < -0.39 is 21.8 Å². The Morgan fingerprint density at radius 2 is 1.75 bits per heavy atom. The fraction of sp³-hybridized carbons (Fsp3) is 0.429. The van der Waals surface area contributed by atoms with E-state index in [2.05, 4.69) is 14.5 Å². The van der Waals surface area contributed by atoms with E-state index in [0.29, 0.717) is 35.6 Å². The lowest BCUT2D eigenvalue weighted by atomic mass is 10.1. The van der Waals surface area contributed by atoms with Crippen LogP contribution in [0.1, 0.15) is 17.5 Å². The van der Waals surface area contributed by atoms with E-state index in [1.54, 1.807) is 6.07 Å². The molecule has 32 heavy (non-hydrogen) atoms. The minimum atomic E-state index is -4.60. The predicted molar refractivity (Wildman–Crippen MR) is 117 cm³/mol. The van der Waals surface area contributed by atoms with Gasteiger partial charge in [0.15, 0.2) is 0 Å². The van der Waals surface area contributed by atoms with E-state index in [1.807, 2.05) is 12.1 Å². The number of alkyl halides is 3. The summed E-state index contributed by atoms with van der Waals surface area (Å²) in [5.41, 5.74) is 0.0247. The number of hydrogen-bond acceptors (Lipinski definition) is 4. The van der Waals surface area contributed by atoms with Gasteiger partial charge in [-0.1, -0.05) is 29.3 Å². The van der Waals surface area contributed by atoms with Crippen molar-refractivity contribution < 1.29 is 21.6 Å². The highest BCUT2D eigenvalue weighted by atomic mass is 35.5. The first-order valence-corrected chi connectivity index (χ1v) is 12.3. The molecule has 0 radical (unpaired) electrons. The molecular weight excluding hydrogens is 486 g/mol. The lowest BCUT2D eigenvalue weighted by Gasteiger charge is -2.37. The molecule has 2 fully saturated rings. The highest BCUT2D eigenvalue weighted by molar-refractivity contribution is 7.89. The summed E-state index contributed by atoms with van der Waals surface area (Å²) in [7, 11) is -4.06. The summed E-state index contributed by atoms with van der Waals surface area (Å²) in [6.45, 7) is 3.56. The van der Waals surface area contributed by atoms with Gasteiger partial charge in [0.25, 0.3) is 0 Å². The summed E-state index contributed by atoms with van der Waals surface area (Å²) in [6.07, 6.45) is -4.01. The standard InChI is InChI=1S/C21H22Cl2F3N3O2S/c22-16-6-14(7-17(23)9-16)11-28-4-5-29-12-18(10-19(29)13-28)27-32(30,31)20-3-1-2-15(8-20)21(24,25)26/h1-3,6-9,18-19,27H,4-5,10-13H2/t18-,19-/m0/s1. The molecule has 0 aromatic heterocycles. The average molecular weight is 508 g/mol. The van der Waals surface area contributed by atoms with Crippen LogP contribution < -0.4 is 4.72 Å². The molecule has 0 aliphatic carbocycles. The van der Waals surface area contributed by atoms with Crippen LogP contribution >= 0.6 is 23.2 Å². The number of hydrogen-bond donors (Lipinski definition) is 1. The number of piperazine rings is 1. The van der Waals surface area contributed by atoms with Crippen molar-refractivity contribution >= 4 is 33.2 Å². The largest absolute Gasteiger partial charge is 0.416 e. The van der Waals surface area contributed by atoms with Gasteiger partial charge in [-0.25, -0.2) is 13.1 Å². The lowest BCUT2D eigenvalue weighted by molar-refractivity contribution is -0.137. The Hall–Kier alpha value is -1.36. The molecule has 0 unspecified atom stereocenters. The van der Waals surface area contributed by atoms with Crippen LogP contribution in [0.2, 0.25) is 10.0 Å². The van der Waals surface area contributed by atoms with Gasteiger partial charge in [-0.05, 0) is 48.4 Å². The van der Waals surface area contributed by atoms with Crippen LogP contribution in [0.5, 0.6) is 0 Å². The van der Waals surface area contributed by atoms with Crippen molar-refractivity contribution in [3.05, 3.63) is 63.6 Å². The zero-order chi connectivity index (χ0) is 23.1. The van der Waals surface area contributed by atoms with Crippen LogP contribution in [0.3, 0.4) is 0 Å². The average Bonchev–Trinajstić information content (AvgIpc) is 3.07. The van der Waals surface area contributed by atoms with Crippen molar-refractivity contribution in [1.29, 1.82) is 0 Å². The highest BCUT2D eigenvalue weighted by Crippen LogP contribution is 2.31. The minimum Gasteiger partial charge on any atom is -0.296 e. The summed E-state index contributed by atoms with van der Waals surface area (Å²) < 4.78 is 66.9. The molecule has 2 aromatic carbocycles. The van der Waals surface area contributed by atoms with Gasteiger partial charge < -0.3 is 0 Å². The fourth-order valence-electron chi connectivity index (χ4n) is 4.42. The Kier molecular flexibility index (Phi) is 6.78. The summed E-state index contributed by atoms with van der Waals surface area (Å²) >= 11 is 12.2. The van der Waals surface area contributed by atoms with Gasteiger partial charge in [-0.2, -0.15) is 13.2 Å². The number of halogens is 5. The molecule has 4 rings (SSSR count). The zero-order valence-corrected chi connectivity index (χ0v) is 19.3. The second kappa shape index (κ2) is 9.12. The van der Waals surface area contributed by atoms with Crippen LogP contribution in [0, 0.1) is 0 Å². The molecule has 1 N–H and O–H groups in total. The molecule has 0 saturated carbocycles. The number of nitrogens with one attached hydrogen (secondary N) is 1. The molecule has 2 saturated heterocycles. The molecule has 2 aliphatic rings. The first-order chi connectivity index (χ1) is 15.0. The third-order valence-electron chi connectivity index (χ3n) is 5.82. The Balaban J connectivity index is 1.39. The van der Waals surface area contributed by atoms with Crippen LogP contribution in [-0.4, -0.2) is 56.5 Å². The van der Waals surface area contributed by atoms with Gasteiger partial charge in [0.1, 0.15) is 0 Å². The topological polar surface area (TPSA) is 52.7 Å². The van der Waals surface area contributed by atoms with E-state index in [1.165, 1.54) is 6.07 Å². The molecule has 11 heteroatoms. The van der Waals surface area contributed by atoms with Crippen molar-refractivity contribution in [2.45, 2.75) is 36.1 Å². The van der Waals surface area contributed by atoms with E-state index in [0.717, 1.165) is 37.3 Å². The molecule has 2 aromatic rings. The molecule has 0 amide bonds. The minimum absolute atomic E-state index is 0.160. The molecule has 174 valence electrons. The zero-order valence-electron chi connectivity index (χ0n) is 16.9. The highest BCUT2D eigenvalue weighted by Gasteiger charge is 2.38. The number of sulfonamides is 1. The maximum atomic E-state index is 13.0. The fourth-order valence-corrected chi connectivity index (χ4v) is 6.28. The quantitative estimate of drug-likeness (QED) is 0.657. The number of fused-ring (bicyclic) bond motifs is 1. The van der Waals surface area contributed by atoms with Crippen LogP contribution in [0.25, 0.3) is 0 Å². The third kappa shape index (κ3) is 5.58. The summed E-state index contributed by atoms with van der Waals surface area (Å²) in [4.78, 5) is 4.12. The monoisotopic (exact) mass is 507 g/mol. The summed E-state index contributed by atoms with van der Waals surface area (Å²) in [6, 6.07) is 9.04. The van der Waals surface area contributed by atoms with Gasteiger partial charge in [-0.15, -0.1) is 0 Å². The first-order valence-electron chi connectivity index (χ1n) is 10.1. The van der Waals surface area contributed by atoms with Crippen molar-refractivity contribution in [2.75, 3.05) is 26.2 Å². The van der Waals surface area contributed by atoms with Gasteiger partial charge in [0.2, 0.25) is 10.0 Å². The van der Waals surface area contributed by atoms with Gasteiger partial charge in [0.05, 0.1) is 10.5 Å². The Labute approximate surface area is 195 Å². The lowest BCUT2D eigenvalue weighted by Crippen LogP contribution is -2.49. The molecular formula is C21H22Cl2F3N3O2S. The molecule has 2 heterocycles. The van der Waals surface area contributed by atoms with E-state index in [-0.39, 0.29) is 17.0 Å². The second-order valence-electron chi connectivity index (χ2n) is 8.24. The van der Waals surface area contributed by atoms with E-state index >= 15 is 0 Å². The first kappa shape index (κ1) is 23.8. The van der Waals surface area contributed by atoms with Gasteiger partial charge in [0, 0.05) is 54.9 Å². The van der Waals surface area contributed by atoms with Crippen molar-refractivity contribution in [3.8, 4) is 0 Å². The third-order valence-corrected chi connectivity index (χ3v) is 7.78. The molecule has 2 aliphatic heterocycles. The maximum Gasteiger partial charge on any atom is 0.416 e. The van der Waals surface area contributed by atoms with E-state index in [9.17, 15) is 21.6 Å². The predicted octanol–water partition coefficient (Wildman–Crippen LogP) is 4.25. The normalized spacial score (nSPS) is 22.8. The van der Waals surface area contributed by atoms with Gasteiger partial charge in [-0.3, -0.25) is 9.80 Å². The van der Waals surface area contributed by atoms with Crippen molar-refractivity contribution in [1.82, 2.24) is 14.5 Å². The molecule has 0 spiro atoms. The van der Waals surface area contributed by atoms with Gasteiger partial charge >= 0.3 is 6.18 Å². The number of rotatable bonds is 5. The maximum absolute atomic E-state index is 13.0. The molecule has 2 atom stereocenters. The molecule has 5 nitrogen and oxygen atoms in total. The molecule has 0 bridgehead atoms. The SMILES string of the molecule is O=S(=O)(N[C@H]1C[C@H]2CN(Cc3cc(Cl)cc(Cl)c3)CCN2C1)c1cccc(C(F)(F)F)c1. The van der Waals surface area contributed by atoms with Crippen molar-refractivity contribution in [3.63, 3.8) is 0 Å². The number of benzene rings is 2. The Morgan fingerprint density at radius 1 is 1.03 bits per heavy atom. The van der Waals surface area contributed by atoms with Crippen LogP contribution in [-0.2, 0) is 22.7 Å². The number of nitrogens with zero attached hydrogens (tertiary/aromatic N) is 2. The smallest absolute Gasteiger partial charge is 0.296 e. The second-order valence-corrected chi connectivity index (χ2v) is 10.8. The summed E-state index contributed by atoms with van der Waals surface area (Å²) in [5, 5.41) is 1.16.